The van der Waals surface area contributed by atoms with Gasteiger partial charge < -0.3 is 0 Å². The summed E-state index contributed by atoms with van der Waals surface area (Å²) in [6, 6.07) is 5.57. The average molecular weight is 206 g/mol. The second-order valence-corrected chi connectivity index (χ2v) is 4.07. The molecule has 2 heterocycles. The van der Waals surface area contributed by atoms with Gasteiger partial charge >= 0.3 is 0 Å². The lowest BCUT2D eigenvalue weighted by Gasteiger charge is -1.99. The molecule has 0 radical (unpaired) electrons. The first-order valence-corrected chi connectivity index (χ1v) is 5.18. The fourth-order valence-corrected chi connectivity index (χ4v) is 1.99. The lowest BCUT2D eigenvalue weighted by Crippen LogP contribution is -2.13. The highest BCUT2D eigenvalue weighted by Gasteiger charge is 2.12. The van der Waals surface area contributed by atoms with Gasteiger partial charge in [-0.1, -0.05) is 6.07 Å². The van der Waals surface area contributed by atoms with Crippen molar-refractivity contribution in [2.24, 2.45) is 0 Å². The molecule has 14 heavy (non-hydrogen) atoms. The Morgan fingerprint density at radius 1 is 1.50 bits per heavy atom. The van der Waals surface area contributed by atoms with Crippen molar-refractivity contribution < 1.29 is 4.79 Å². The van der Waals surface area contributed by atoms with Crippen LogP contribution in [-0.4, -0.2) is 15.7 Å². The topological polar surface area (TPSA) is 34.9 Å². The highest BCUT2D eigenvalue weighted by Crippen LogP contribution is 2.12. The molecule has 0 aliphatic heterocycles. The SMILES string of the molecule is Cc1cc(C)n(C(=O)c2cccs2)n1. The zero-order chi connectivity index (χ0) is 10.1. The van der Waals surface area contributed by atoms with E-state index in [0.29, 0.717) is 0 Å². The first-order chi connectivity index (χ1) is 6.68. The number of carbonyl (C=O) groups is 1. The van der Waals surface area contributed by atoms with Crippen LogP contribution in [0.3, 0.4) is 0 Å². The van der Waals surface area contributed by atoms with Crippen LogP contribution in [0.1, 0.15) is 21.1 Å². The molecule has 0 unspecified atom stereocenters. The predicted molar refractivity (Wildman–Crippen MR) is 55.7 cm³/mol. The maximum Gasteiger partial charge on any atom is 0.288 e. The predicted octanol–water partition coefficient (Wildman–Crippen LogP) is 2.25. The van der Waals surface area contributed by atoms with Gasteiger partial charge in [0.1, 0.15) is 0 Å². The van der Waals surface area contributed by atoms with Crippen LogP contribution in [0.25, 0.3) is 0 Å². The lowest BCUT2D eigenvalue weighted by molar-refractivity contribution is 0.0946. The van der Waals surface area contributed by atoms with Gasteiger partial charge in [-0.2, -0.15) is 5.10 Å². The van der Waals surface area contributed by atoms with Crippen molar-refractivity contribution >= 4 is 17.2 Å². The van der Waals surface area contributed by atoms with E-state index in [2.05, 4.69) is 5.10 Å². The molecule has 0 aromatic carbocycles. The number of carbonyl (C=O) groups excluding carboxylic acids is 1. The summed E-state index contributed by atoms with van der Waals surface area (Å²) in [5.74, 6) is -0.0504. The van der Waals surface area contributed by atoms with E-state index < -0.39 is 0 Å². The average Bonchev–Trinajstić information content (AvgIpc) is 2.73. The Morgan fingerprint density at radius 2 is 2.29 bits per heavy atom. The molecule has 0 N–H and O–H groups in total. The van der Waals surface area contributed by atoms with Gasteiger partial charge in [-0.05, 0) is 31.4 Å². The van der Waals surface area contributed by atoms with Crippen LogP contribution in [-0.2, 0) is 0 Å². The minimum atomic E-state index is -0.0504. The Labute approximate surface area is 86.0 Å². The summed E-state index contributed by atoms with van der Waals surface area (Å²) in [4.78, 5) is 12.6. The van der Waals surface area contributed by atoms with E-state index in [9.17, 15) is 4.79 Å². The maximum atomic E-state index is 11.9. The van der Waals surface area contributed by atoms with Crippen molar-refractivity contribution in [3.8, 4) is 0 Å². The van der Waals surface area contributed by atoms with Crippen LogP contribution in [0.4, 0.5) is 0 Å². The molecule has 0 aliphatic carbocycles. The Morgan fingerprint density at radius 3 is 2.79 bits per heavy atom. The summed E-state index contributed by atoms with van der Waals surface area (Å²) in [5, 5.41) is 6.03. The van der Waals surface area contributed by atoms with E-state index in [-0.39, 0.29) is 5.91 Å². The number of thiophene rings is 1. The van der Waals surface area contributed by atoms with E-state index in [1.807, 2.05) is 37.4 Å². The number of rotatable bonds is 1. The van der Waals surface area contributed by atoms with Gasteiger partial charge in [-0.25, -0.2) is 4.68 Å². The Balaban J connectivity index is 2.41. The van der Waals surface area contributed by atoms with Crippen LogP contribution in [0.2, 0.25) is 0 Å². The second kappa shape index (κ2) is 3.38. The molecule has 0 saturated heterocycles. The molecule has 72 valence electrons. The van der Waals surface area contributed by atoms with Crippen molar-refractivity contribution in [1.82, 2.24) is 9.78 Å². The van der Waals surface area contributed by atoms with Crippen LogP contribution >= 0.6 is 11.3 Å². The molecule has 0 aliphatic rings. The fraction of sp³-hybridized carbons (Fsp3) is 0.200. The van der Waals surface area contributed by atoms with Gasteiger partial charge in [0.2, 0.25) is 0 Å². The highest BCUT2D eigenvalue weighted by molar-refractivity contribution is 7.12. The van der Waals surface area contributed by atoms with Crippen LogP contribution in [0, 0.1) is 13.8 Å². The molecule has 0 amide bonds. The Bertz CT molecular complexity index is 456. The molecular formula is C10H10N2OS. The standard InChI is InChI=1S/C10H10N2OS/c1-7-6-8(2)12(11-7)10(13)9-4-3-5-14-9/h3-6H,1-2H3. The van der Waals surface area contributed by atoms with Crippen LogP contribution in [0.5, 0.6) is 0 Å². The molecule has 4 heteroatoms. The third-order valence-corrected chi connectivity index (χ3v) is 2.79. The van der Waals surface area contributed by atoms with Gasteiger partial charge in [-0.3, -0.25) is 4.79 Å². The van der Waals surface area contributed by atoms with Gasteiger partial charge in [-0.15, -0.1) is 11.3 Å². The molecule has 2 aromatic heterocycles. The number of hydrogen-bond donors (Lipinski definition) is 0. The van der Waals surface area contributed by atoms with E-state index in [4.69, 9.17) is 0 Å². The van der Waals surface area contributed by atoms with Crippen LogP contribution < -0.4 is 0 Å². The van der Waals surface area contributed by atoms with E-state index in [1.54, 1.807) is 0 Å². The fourth-order valence-electron chi connectivity index (χ4n) is 1.34. The highest BCUT2D eigenvalue weighted by atomic mass is 32.1. The monoisotopic (exact) mass is 206 g/mol. The molecule has 2 aromatic rings. The number of hydrogen-bond acceptors (Lipinski definition) is 3. The van der Waals surface area contributed by atoms with Gasteiger partial charge in [0, 0.05) is 5.69 Å². The van der Waals surface area contributed by atoms with Crippen LogP contribution in [0.15, 0.2) is 23.6 Å². The maximum absolute atomic E-state index is 11.9. The van der Waals surface area contributed by atoms with E-state index in [0.717, 1.165) is 16.3 Å². The van der Waals surface area contributed by atoms with Crippen molar-refractivity contribution in [3.63, 3.8) is 0 Å². The summed E-state index contributed by atoms with van der Waals surface area (Å²) >= 11 is 1.43. The quantitative estimate of drug-likeness (QED) is 0.717. The minimum Gasteiger partial charge on any atom is -0.266 e. The summed E-state index contributed by atoms with van der Waals surface area (Å²) in [7, 11) is 0. The van der Waals surface area contributed by atoms with Crippen molar-refractivity contribution in [3.05, 3.63) is 39.8 Å². The van der Waals surface area contributed by atoms with Gasteiger partial charge in [0.25, 0.3) is 5.91 Å². The van der Waals surface area contributed by atoms with Gasteiger partial charge in [0.05, 0.1) is 10.6 Å². The zero-order valence-electron chi connectivity index (χ0n) is 8.02. The number of nitrogens with zero attached hydrogens (tertiary/aromatic N) is 2. The zero-order valence-corrected chi connectivity index (χ0v) is 8.84. The first kappa shape index (κ1) is 9.15. The normalized spacial score (nSPS) is 10.4. The van der Waals surface area contributed by atoms with E-state index in [1.165, 1.54) is 16.0 Å². The van der Waals surface area contributed by atoms with Gasteiger partial charge in [0.15, 0.2) is 0 Å². The van der Waals surface area contributed by atoms with Crippen molar-refractivity contribution in [2.75, 3.05) is 0 Å². The van der Waals surface area contributed by atoms with Crippen molar-refractivity contribution in [1.29, 1.82) is 0 Å². The number of aromatic nitrogens is 2. The molecule has 0 atom stereocenters. The largest absolute Gasteiger partial charge is 0.288 e. The molecule has 0 saturated carbocycles. The summed E-state index contributed by atoms with van der Waals surface area (Å²) in [6.07, 6.45) is 0. The smallest absolute Gasteiger partial charge is 0.266 e. The molecule has 0 bridgehead atoms. The molecule has 3 nitrogen and oxygen atoms in total. The summed E-state index contributed by atoms with van der Waals surface area (Å²) < 4.78 is 1.45. The molecular weight excluding hydrogens is 196 g/mol. The summed E-state index contributed by atoms with van der Waals surface area (Å²) in [5.41, 5.74) is 1.74. The Hall–Kier alpha value is -1.42. The first-order valence-electron chi connectivity index (χ1n) is 4.30. The third-order valence-electron chi connectivity index (χ3n) is 1.93. The minimum absolute atomic E-state index is 0.0504. The lowest BCUT2D eigenvalue weighted by atomic mass is 10.4. The summed E-state index contributed by atoms with van der Waals surface area (Å²) in [6.45, 7) is 3.76. The third kappa shape index (κ3) is 1.48. The second-order valence-electron chi connectivity index (χ2n) is 3.12. The molecule has 0 fully saturated rings. The van der Waals surface area contributed by atoms with Crippen molar-refractivity contribution in [2.45, 2.75) is 13.8 Å². The Kier molecular flexibility index (Phi) is 2.21. The van der Waals surface area contributed by atoms with E-state index >= 15 is 0 Å². The number of aryl methyl sites for hydroxylation is 2. The molecule has 2 rings (SSSR count). The molecule has 0 spiro atoms.